The first-order valence-electron chi connectivity index (χ1n) is 12.1. The van der Waals surface area contributed by atoms with Crippen molar-refractivity contribution in [2.45, 2.75) is 36.6 Å². The van der Waals surface area contributed by atoms with Crippen LogP contribution in [0.15, 0.2) is 53.4 Å². The van der Waals surface area contributed by atoms with Crippen molar-refractivity contribution >= 4 is 15.9 Å². The van der Waals surface area contributed by atoms with Gasteiger partial charge in [-0.1, -0.05) is 12.1 Å². The summed E-state index contributed by atoms with van der Waals surface area (Å²) in [5.41, 5.74) is 1.57. The second kappa shape index (κ2) is 11.2. The SMILES string of the molecule is COc1ccc([C@@H](CNC(=O)C2CCN(S(=O)(=O)c3ccc(C#N)cc3)CC2)N2CCCC2)cc1. The first-order valence-corrected chi connectivity index (χ1v) is 13.5. The third-order valence-corrected chi connectivity index (χ3v) is 8.91. The van der Waals surface area contributed by atoms with Crippen LogP contribution in [-0.2, 0) is 14.8 Å². The van der Waals surface area contributed by atoms with Gasteiger partial charge in [-0.15, -0.1) is 0 Å². The monoisotopic (exact) mass is 496 g/mol. The van der Waals surface area contributed by atoms with Gasteiger partial charge in [-0.25, -0.2) is 8.42 Å². The number of hydrogen-bond donors (Lipinski definition) is 1. The third-order valence-electron chi connectivity index (χ3n) is 7.00. The van der Waals surface area contributed by atoms with Crippen LogP contribution in [0.1, 0.15) is 42.9 Å². The second-order valence-corrected chi connectivity index (χ2v) is 11.0. The van der Waals surface area contributed by atoms with Crippen molar-refractivity contribution in [3.8, 4) is 11.8 Å². The normalized spacial score (nSPS) is 18.6. The molecule has 4 rings (SSSR count). The third kappa shape index (κ3) is 5.84. The molecule has 0 spiro atoms. The highest BCUT2D eigenvalue weighted by molar-refractivity contribution is 7.89. The first-order chi connectivity index (χ1) is 16.9. The molecular weight excluding hydrogens is 464 g/mol. The van der Waals surface area contributed by atoms with Crippen LogP contribution in [-0.4, -0.2) is 63.4 Å². The number of likely N-dealkylation sites (tertiary alicyclic amines) is 1. The zero-order valence-electron chi connectivity index (χ0n) is 20.0. The minimum atomic E-state index is -3.64. The molecule has 1 N–H and O–H groups in total. The van der Waals surface area contributed by atoms with Gasteiger partial charge in [-0.2, -0.15) is 9.57 Å². The summed E-state index contributed by atoms with van der Waals surface area (Å²) < 4.78 is 32.6. The Hall–Kier alpha value is -2.93. The number of ether oxygens (including phenoxy) is 1. The molecule has 35 heavy (non-hydrogen) atoms. The van der Waals surface area contributed by atoms with Crippen LogP contribution < -0.4 is 10.1 Å². The van der Waals surface area contributed by atoms with Gasteiger partial charge in [0.05, 0.1) is 29.7 Å². The Kier molecular flexibility index (Phi) is 8.06. The Morgan fingerprint density at radius 1 is 1.06 bits per heavy atom. The number of sulfonamides is 1. The number of hydrogen-bond acceptors (Lipinski definition) is 6. The molecule has 0 aromatic heterocycles. The summed E-state index contributed by atoms with van der Waals surface area (Å²) in [7, 11) is -1.99. The Bertz CT molecular complexity index is 1150. The predicted octanol–water partition coefficient (Wildman–Crippen LogP) is 2.92. The van der Waals surface area contributed by atoms with E-state index >= 15 is 0 Å². The molecule has 2 aromatic rings. The lowest BCUT2D eigenvalue weighted by Crippen LogP contribution is -2.44. The number of nitrogens with zero attached hydrogens (tertiary/aromatic N) is 3. The average molecular weight is 497 g/mol. The maximum absolute atomic E-state index is 13.0. The summed E-state index contributed by atoms with van der Waals surface area (Å²) in [6.45, 7) is 3.15. The Balaban J connectivity index is 1.34. The standard InChI is InChI=1S/C26H32N4O4S/c1-34-23-8-6-21(7-9-23)25(29-14-2-3-15-29)19-28-26(31)22-12-16-30(17-13-22)35(32,33)24-10-4-20(18-27)5-11-24/h4-11,22,25H,2-3,12-17,19H2,1H3,(H,28,31)/t25-/m1/s1. The summed E-state index contributed by atoms with van der Waals surface area (Å²) in [6, 6.07) is 16.0. The molecule has 0 unspecified atom stereocenters. The number of methoxy groups -OCH3 is 1. The lowest BCUT2D eigenvalue weighted by atomic mass is 9.97. The van der Waals surface area contributed by atoms with E-state index in [9.17, 15) is 13.2 Å². The highest BCUT2D eigenvalue weighted by atomic mass is 32.2. The van der Waals surface area contributed by atoms with E-state index in [-0.39, 0.29) is 22.8 Å². The van der Waals surface area contributed by atoms with Crippen molar-refractivity contribution in [3.63, 3.8) is 0 Å². The van der Waals surface area contributed by atoms with Gasteiger partial charge in [0.15, 0.2) is 0 Å². The molecule has 2 aliphatic rings. The number of nitrogens with one attached hydrogen (secondary N) is 1. The number of amides is 1. The van der Waals surface area contributed by atoms with Crippen molar-refractivity contribution in [3.05, 3.63) is 59.7 Å². The minimum absolute atomic E-state index is 0.0156. The van der Waals surface area contributed by atoms with E-state index in [1.54, 1.807) is 7.11 Å². The summed E-state index contributed by atoms with van der Waals surface area (Å²) in [5.74, 6) is 0.580. The van der Waals surface area contributed by atoms with Crippen molar-refractivity contribution in [2.75, 3.05) is 39.8 Å². The molecule has 2 aliphatic heterocycles. The molecule has 8 nitrogen and oxygen atoms in total. The van der Waals surface area contributed by atoms with Crippen LogP contribution in [0.2, 0.25) is 0 Å². The van der Waals surface area contributed by atoms with Gasteiger partial charge in [-0.05, 0) is 80.7 Å². The molecule has 2 heterocycles. The van der Waals surface area contributed by atoms with Crippen LogP contribution in [0.25, 0.3) is 0 Å². The molecule has 1 atom stereocenters. The van der Waals surface area contributed by atoms with E-state index < -0.39 is 10.0 Å². The van der Waals surface area contributed by atoms with Gasteiger partial charge >= 0.3 is 0 Å². The van der Waals surface area contributed by atoms with Gasteiger partial charge in [0.25, 0.3) is 0 Å². The molecule has 1 amide bonds. The minimum Gasteiger partial charge on any atom is -0.497 e. The van der Waals surface area contributed by atoms with Crippen LogP contribution in [0, 0.1) is 17.2 Å². The quantitative estimate of drug-likeness (QED) is 0.603. The number of piperidine rings is 1. The summed E-state index contributed by atoms with van der Waals surface area (Å²) in [4.78, 5) is 15.6. The van der Waals surface area contributed by atoms with E-state index in [4.69, 9.17) is 10.00 Å². The van der Waals surface area contributed by atoms with Gasteiger partial charge in [0.1, 0.15) is 5.75 Å². The summed E-state index contributed by atoms with van der Waals surface area (Å²) in [5, 5.41) is 12.1. The molecule has 2 aromatic carbocycles. The van der Waals surface area contributed by atoms with Crippen molar-refractivity contribution < 1.29 is 17.9 Å². The van der Waals surface area contributed by atoms with Gasteiger partial charge in [-0.3, -0.25) is 9.69 Å². The fraction of sp³-hybridized carbons (Fsp3) is 0.462. The van der Waals surface area contributed by atoms with E-state index in [0.29, 0.717) is 38.0 Å². The van der Waals surface area contributed by atoms with Gasteiger partial charge < -0.3 is 10.1 Å². The van der Waals surface area contributed by atoms with Crippen LogP contribution >= 0.6 is 0 Å². The number of nitriles is 1. The maximum atomic E-state index is 13.0. The highest BCUT2D eigenvalue weighted by Gasteiger charge is 2.33. The zero-order chi connectivity index (χ0) is 24.8. The summed E-state index contributed by atoms with van der Waals surface area (Å²) >= 11 is 0. The first kappa shape index (κ1) is 25.2. The van der Waals surface area contributed by atoms with E-state index in [1.165, 1.54) is 28.6 Å². The lowest BCUT2D eigenvalue weighted by Gasteiger charge is -2.32. The topological polar surface area (TPSA) is 103 Å². The van der Waals surface area contributed by atoms with Crippen molar-refractivity contribution in [1.29, 1.82) is 5.26 Å². The lowest BCUT2D eigenvalue weighted by molar-refractivity contribution is -0.126. The molecule has 9 heteroatoms. The number of benzene rings is 2. The Labute approximate surface area is 207 Å². The van der Waals surface area contributed by atoms with Crippen LogP contribution in [0.5, 0.6) is 5.75 Å². The smallest absolute Gasteiger partial charge is 0.243 e. The van der Waals surface area contributed by atoms with Gasteiger partial charge in [0.2, 0.25) is 15.9 Å². The highest BCUT2D eigenvalue weighted by Crippen LogP contribution is 2.28. The zero-order valence-corrected chi connectivity index (χ0v) is 20.8. The molecule has 2 fully saturated rings. The van der Waals surface area contributed by atoms with Crippen LogP contribution in [0.3, 0.4) is 0 Å². The van der Waals surface area contributed by atoms with Crippen LogP contribution in [0.4, 0.5) is 0 Å². The molecule has 0 saturated carbocycles. The Morgan fingerprint density at radius 3 is 2.26 bits per heavy atom. The molecule has 0 radical (unpaired) electrons. The fourth-order valence-corrected chi connectivity index (χ4v) is 6.36. The fourth-order valence-electron chi connectivity index (χ4n) is 4.89. The molecule has 2 saturated heterocycles. The number of carbonyl (C=O) groups excluding carboxylic acids is 1. The Morgan fingerprint density at radius 2 is 1.69 bits per heavy atom. The number of carbonyl (C=O) groups is 1. The predicted molar refractivity (Wildman–Crippen MR) is 132 cm³/mol. The molecule has 186 valence electrons. The largest absolute Gasteiger partial charge is 0.497 e. The summed E-state index contributed by atoms with van der Waals surface area (Å²) in [6.07, 6.45) is 3.29. The number of rotatable bonds is 8. The molecule has 0 bridgehead atoms. The van der Waals surface area contributed by atoms with E-state index in [0.717, 1.165) is 37.2 Å². The maximum Gasteiger partial charge on any atom is 0.243 e. The average Bonchev–Trinajstić information content (AvgIpc) is 3.44. The second-order valence-electron chi connectivity index (χ2n) is 9.09. The molecule has 0 aliphatic carbocycles. The van der Waals surface area contributed by atoms with Gasteiger partial charge in [0, 0.05) is 25.6 Å². The molecular formula is C26H32N4O4S. The van der Waals surface area contributed by atoms with Crippen molar-refractivity contribution in [1.82, 2.24) is 14.5 Å². The van der Waals surface area contributed by atoms with Crippen molar-refractivity contribution in [2.24, 2.45) is 5.92 Å². The van der Waals surface area contributed by atoms with E-state index in [2.05, 4.69) is 22.3 Å². The van der Waals surface area contributed by atoms with E-state index in [1.807, 2.05) is 18.2 Å².